The lowest BCUT2D eigenvalue weighted by Gasteiger charge is -2.07. The summed E-state index contributed by atoms with van der Waals surface area (Å²) in [6, 6.07) is 13.2. The Labute approximate surface area is 122 Å². The van der Waals surface area contributed by atoms with Crippen LogP contribution in [0.4, 0.5) is 5.82 Å². The third kappa shape index (κ3) is 2.74. The summed E-state index contributed by atoms with van der Waals surface area (Å²) in [5, 5.41) is 3.77. The average molecular weight is 277 g/mol. The van der Waals surface area contributed by atoms with Crippen molar-refractivity contribution in [3.05, 3.63) is 66.0 Å². The van der Waals surface area contributed by atoms with E-state index in [-0.39, 0.29) is 5.91 Å². The van der Waals surface area contributed by atoms with E-state index >= 15 is 0 Å². The van der Waals surface area contributed by atoms with Crippen LogP contribution in [0.15, 0.2) is 54.9 Å². The predicted molar refractivity (Wildman–Crippen MR) is 83.3 cm³/mol. The lowest BCUT2D eigenvalue weighted by molar-refractivity contribution is 0.102. The topological polar surface area (TPSA) is 54.9 Å². The van der Waals surface area contributed by atoms with Gasteiger partial charge in [-0.2, -0.15) is 0 Å². The second-order valence-electron chi connectivity index (χ2n) is 4.74. The van der Waals surface area contributed by atoms with Crippen LogP contribution in [0.1, 0.15) is 22.8 Å². The van der Waals surface area contributed by atoms with Crippen molar-refractivity contribution in [1.29, 1.82) is 0 Å². The number of carbonyl (C=O) groups is 1. The Balaban J connectivity index is 1.89. The number of rotatable bonds is 3. The first-order chi connectivity index (χ1) is 10.3. The Hall–Kier alpha value is -2.75. The molecule has 104 valence electrons. The maximum Gasteiger partial charge on any atom is 0.256 e. The van der Waals surface area contributed by atoms with Crippen molar-refractivity contribution in [3.8, 4) is 0 Å². The summed E-state index contributed by atoms with van der Waals surface area (Å²) in [6.07, 6.45) is 4.31. The maximum absolute atomic E-state index is 12.3. The number of benzene rings is 1. The Morgan fingerprint density at radius 1 is 1.05 bits per heavy atom. The Bertz CT molecular complexity index is 776. The highest BCUT2D eigenvalue weighted by Crippen LogP contribution is 2.18. The number of aromatic nitrogens is 2. The van der Waals surface area contributed by atoms with Gasteiger partial charge in [0.2, 0.25) is 0 Å². The molecule has 0 aliphatic rings. The first-order valence-electron chi connectivity index (χ1n) is 6.88. The van der Waals surface area contributed by atoms with Crippen molar-refractivity contribution in [2.24, 2.45) is 0 Å². The number of nitrogens with one attached hydrogen (secondary N) is 1. The fraction of sp³-hybridized carbons (Fsp3) is 0.118. The van der Waals surface area contributed by atoms with Crippen molar-refractivity contribution in [1.82, 2.24) is 9.97 Å². The fourth-order valence-electron chi connectivity index (χ4n) is 2.17. The van der Waals surface area contributed by atoms with Gasteiger partial charge in [0.1, 0.15) is 5.52 Å². The van der Waals surface area contributed by atoms with E-state index in [4.69, 9.17) is 0 Å². The van der Waals surface area contributed by atoms with Gasteiger partial charge >= 0.3 is 0 Å². The minimum absolute atomic E-state index is 0.177. The molecule has 0 spiro atoms. The summed E-state index contributed by atoms with van der Waals surface area (Å²) in [5.74, 6) is 0.306. The second-order valence-corrected chi connectivity index (χ2v) is 4.74. The molecule has 0 atom stereocenters. The maximum atomic E-state index is 12.3. The third-order valence-electron chi connectivity index (χ3n) is 3.38. The Morgan fingerprint density at radius 2 is 1.86 bits per heavy atom. The number of hydrogen-bond acceptors (Lipinski definition) is 3. The molecule has 1 aromatic carbocycles. The smallest absolute Gasteiger partial charge is 0.256 e. The number of anilines is 1. The molecule has 0 bridgehead atoms. The third-order valence-corrected chi connectivity index (χ3v) is 3.38. The van der Waals surface area contributed by atoms with Crippen molar-refractivity contribution < 1.29 is 4.79 Å². The zero-order chi connectivity index (χ0) is 14.7. The molecule has 0 saturated heterocycles. The molecule has 0 saturated carbocycles. The molecule has 3 rings (SSSR count). The second kappa shape index (κ2) is 5.71. The van der Waals surface area contributed by atoms with E-state index in [0.29, 0.717) is 16.9 Å². The van der Waals surface area contributed by atoms with E-state index in [1.165, 1.54) is 5.56 Å². The lowest BCUT2D eigenvalue weighted by Crippen LogP contribution is -2.13. The van der Waals surface area contributed by atoms with Crippen molar-refractivity contribution in [2.45, 2.75) is 13.3 Å². The largest absolute Gasteiger partial charge is 0.305 e. The van der Waals surface area contributed by atoms with Crippen LogP contribution in [-0.4, -0.2) is 15.9 Å². The van der Waals surface area contributed by atoms with E-state index in [1.54, 1.807) is 12.4 Å². The summed E-state index contributed by atoms with van der Waals surface area (Å²) in [5.41, 5.74) is 2.51. The normalized spacial score (nSPS) is 10.5. The highest BCUT2D eigenvalue weighted by atomic mass is 16.1. The number of amides is 1. The first-order valence-corrected chi connectivity index (χ1v) is 6.88. The zero-order valence-electron chi connectivity index (χ0n) is 11.7. The molecule has 0 fully saturated rings. The summed E-state index contributed by atoms with van der Waals surface area (Å²) in [7, 11) is 0. The monoisotopic (exact) mass is 277 g/mol. The molecule has 21 heavy (non-hydrogen) atoms. The number of fused-ring (bicyclic) bond motifs is 1. The first kappa shape index (κ1) is 13.2. The molecule has 3 aromatic rings. The molecule has 1 amide bonds. The molecule has 0 aliphatic carbocycles. The molecule has 2 heterocycles. The van der Waals surface area contributed by atoms with Gasteiger partial charge in [-0.1, -0.05) is 25.1 Å². The van der Waals surface area contributed by atoms with Crippen LogP contribution in [0.5, 0.6) is 0 Å². The predicted octanol–water partition coefficient (Wildman–Crippen LogP) is 3.44. The van der Waals surface area contributed by atoms with Gasteiger partial charge in [-0.05, 0) is 36.2 Å². The Kier molecular flexibility index (Phi) is 3.60. The van der Waals surface area contributed by atoms with Gasteiger partial charge in [-0.15, -0.1) is 0 Å². The van der Waals surface area contributed by atoms with Gasteiger partial charge in [-0.25, -0.2) is 4.98 Å². The van der Waals surface area contributed by atoms with Gasteiger partial charge < -0.3 is 5.32 Å². The summed E-state index contributed by atoms with van der Waals surface area (Å²) >= 11 is 0. The number of aryl methyl sites for hydroxylation is 1. The number of carbonyl (C=O) groups excluding carboxylic acids is 1. The molecule has 1 N–H and O–H groups in total. The molecular weight excluding hydrogens is 262 g/mol. The lowest BCUT2D eigenvalue weighted by atomic mass is 10.1. The molecule has 0 radical (unpaired) electrons. The SMILES string of the molecule is CCc1ccc(C(=O)Nc2nccc3cccnc23)cc1. The molecule has 0 unspecified atom stereocenters. The molecule has 0 aliphatic heterocycles. The van der Waals surface area contributed by atoms with Gasteiger partial charge in [0, 0.05) is 23.3 Å². The van der Waals surface area contributed by atoms with Crippen molar-refractivity contribution >= 4 is 22.6 Å². The Morgan fingerprint density at radius 3 is 2.62 bits per heavy atom. The summed E-state index contributed by atoms with van der Waals surface area (Å²) < 4.78 is 0. The average Bonchev–Trinajstić information content (AvgIpc) is 2.55. The number of nitrogens with zero attached hydrogens (tertiary/aromatic N) is 2. The number of pyridine rings is 2. The minimum Gasteiger partial charge on any atom is -0.305 e. The van der Waals surface area contributed by atoms with Crippen LogP contribution >= 0.6 is 0 Å². The molecule has 4 heteroatoms. The van der Waals surface area contributed by atoms with E-state index in [1.807, 2.05) is 42.5 Å². The van der Waals surface area contributed by atoms with Gasteiger partial charge in [-0.3, -0.25) is 9.78 Å². The van der Waals surface area contributed by atoms with Crippen LogP contribution < -0.4 is 5.32 Å². The van der Waals surface area contributed by atoms with Gasteiger partial charge in [0.25, 0.3) is 5.91 Å². The highest BCUT2D eigenvalue weighted by Gasteiger charge is 2.09. The van der Waals surface area contributed by atoms with Crippen LogP contribution in [-0.2, 0) is 6.42 Å². The van der Waals surface area contributed by atoms with E-state index in [0.717, 1.165) is 11.8 Å². The standard InChI is InChI=1S/C17H15N3O/c1-2-12-5-7-14(8-6-12)17(21)20-16-15-13(9-11-19-16)4-3-10-18-15/h3-11H,2H2,1H3,(H,19,20,21). The zero-order valence-corrected chi connectivity index (χ0v) is 11.7. The molecular formula is C17H15N3O. The quantitative estimate of drug-likeness (QED) is 0.797. The van der Waals surface area contributed by atoms with Crippen LogP contribution in [0.2, 0.25) is 0 Å². The van der Waals surface area contributed by atoms with Gasteiger partial charge in [0.05, 0.1) is 0 Å². The van der Waals surface area contributed by atoms with E-state index in [9.17, 15) is 4.79 Å². The van der Waals surface area contributed by atoms with Crippen LogP contribution in [0, 0.1) is 0 Å². The van der Waals surface area contributed by atoms with E-state index in [2.05, 4.69) is 22.2 Å². The van der Waals surface area contributed by atoms with Crippen molar-refractivity contribution in [2.75, 3.05) is 5.32 Å². The highest BCUT2D eigenvalue weighted by molar-refractivity contribution is 6.07. The summed E-state index contributed by atoms with van der Waals surface area (Å²) in [4.78, 5) is 20.8. The molecule has 4 nitrogen and oxygen atoms in total. The minimum atomic E-state index is -0.177. The van der Waals surface area contributed by atoms with Crippen molar-refractivity contribution in [3.63, 3.8) is 0 Å². The molecule has 2 aromatic heterocycles. The van der Waals surface area contributed by atoms with Crippen LogP contribution in [0.3, 0.4) is 0 Å². The van der Waals surface area contributed by atoms with Crippen LogP contribution in [0.25, 0.3) is 10.9 Å². The summed E-state index contributed by atoms with van der Waals surface area (Å²) in [6.45, 7) is 2.08. The fourth-order valence-corrected chi connectivity index (χ4v) is 2.17. The van der Waals surface area contributed by atoms with Gasteiger partial charge in [0.15, 0.2) is 5.82 Å². The number of hydrogen-bond donors (Lipinski definition) is 1. The van der Waals surface area contributed by atoms with E-state index < -0.39 is 0 Å².